The summed E-state index contributed by atoms with van der Waals surface area (Å²) in [5.41, 5.74) is -0.619. The molecule has 0 aliphatic carbocycles. The Bertz CT molecular complexity index is 1380. The molecule has 1 amide bonds. The average molecular weight is 562 g/mol. The highest BCUT2D eigenvalue weighted by Gasteiger charge is 2.40. The van der Waals surface area contributed by atoms with Crippen LogP contribution in [-0.4, -0.2) is 58.2 Å². The van der Waals surface area contributed by atoms with Gasteiger partial charge in [0.15, 0.2) is 10.9 Å². The number of hydrogen-bond acceptors (Lipinski definition) is 6. The average Bonchev–Trinajstić information content (AvgIpc) is 3.38. The lowest BCUT2D eigenvalue weighted by Gasteiger charge is -2.37. The summed E-state index contributed by atoms with van der Waals surface area (Å²) < 4.78 is 52.8. The second-order valence-corrected chi connectivity index (χ2v) is 10.8. The maximum atomic E-state index is 13.4. The number of halogens is 3. The Kier molecular flexibility index (Phi) is 8.29. The van der Waals surface area contributed by atoms with E-state index >= 15 is 0 Å². The summed E-state index contributed by atoms with van der Waals surface area (Å²) in [5, 5.41) is 0.681. The minimum Gasteiger partial charge on any atom is -0.347 e. The molecule has 208 valence electrons. The van der Waals surface area contributed by atoms with Gasteiger partial charge in [-0.05, 0) is 43.2 Å². The van der Waals surface area contributed by atoms with E-state index in [1.165, 1.54) is 28.5 Å². The summed E-state index contributed by atoms with van der Waals surface area (Å²) in [4.78, 5) is 32.4. The molecule has 5 rings (SSSR count). The van der Waals surface area contributed by atoms with Crippen molar-refractivity contribution in [3.05, 3.63) is 64.4 Å². The Labute approximate surface area is 228 Å². The van der Waals surface area contributed by atoms with Crippen LogP contribution in [0.15, 0.2) is 58.5 Å². The van der Waals surface area contributed by atoms with E-state index < -0.39 is 23.1 Å². The van der Waals surface area contributed by atoms with Gasteiger partial charge < -0.3 is 14.4 Å². The fraction of sp³-hybridized carbons (Fsp3) is 0.464. The van der Waals surface area contributed by atoms with Gasteiger partial charge in [-0.2, -0.15) is 13.2 Å². The van der Waals surface area contributed by atoms with Gasteiger partial charge in [-0.25, -0.2) is 4.98 Å². The molecule has 2 saturated heterocycles. The van der Waals surface area contributed by atoms with Crippen LogP contribution >= 0.6 is 11.8 Å². The highest BCUT2D eigenvalue weighted by molar-refractivity contribution is 7.99. The second-order valence-electron chi connectivity index (χ2n) is 9.75. The van der Waals surface area contributed by atoms with Crippen molar-refractivity contribution in [2.24, 2.45) is 0 Å². The summed E-state index contributed by atoms with van der Waals surface area (Å²) >= 11 is 1.33. The number of para-hydroxylation sites is 1. The molecule has 2 fully saturated rings. The highest BCUT2D eigenvalue weighted by atomic mass is 32.2. The van der Waals surface area contributed by atoms with E-state index in [1.807, 2.05) is 4.90 Å². The normalized spacial score (nSPS) is 17.3. The van der Waals surface area contributed by atoms with Crippen molar-refractivity contribution in [3.63, 3.8) is 0 Å². The molecule has 2 aromatic carbocycles. The van der Waals surface area contributed by atoms with Crippen LogP contribution in [0.4, 0.5) is 13.2 Å². The third kappa shape index (κ3) is 6.31. The van der Waals surface area contributed by atoms with Gasteiger partial charge in [0.2, 0.25) is 5.91 Å². The maximum absolute atomic E-state index is 13.4. The van der Waals surface area contributed by atoms with Crippen molar-refractivity contribution >= 4 is 28.6 Å². The Morgan fingerprint density at radius 3 is 2.49 bits per heavy atom. The number of thioether (sulfide) groups is 1. The summed E-state index contributed by atoms with van der Waals surface area (Å²) in [6, 6.07) is 11.5. The molecule has 1 aromatic heterocycles. The number of carbonyl (C=O) groups excluding carboxylic acids is 1. The van der Waals surface area contributed by atoms with Crippen LogP contribution < -0.4 is 5.56 Å². The molecular formula is C28H30F3N3O4S. The number of ether oxygens (including phenoxy) is 2. The van der Waals surface area contributed by atoms with Crippen LogP contribution in [0.1, 0.15) is 44.1 Å². The van der Waals surface area contributed by atoms with Crippen molar-refractivity contribution < 1.29 is 27.4 Å². The van der Waals surface area contributed by atoms with Gasteiger partial charge in [0.05, 0.1) is 35.4 Å². The van der Waals surface area contributed by atoms with Gasteiger partial charge in [0.25, 0.3) is 5.56 Å². The first-order valence-corrected chi connectivity index (χ1v) is 14.1. The fourth-order valence-corrected chi connectivity index (χ4v) is 6.03. The molecule has 0 atom stereocenters. The van der Waals surface area contributed by atoms with E-state index in [1.54, 1.807) is 24.3 Å². The zero-order valence-electron chi connectivity index (χ0n) is 21.4. The van der Waals surface area contributed by atoms with Crippen LogP contribution in [0.5, 0.6) is 0 Å². The lowest BCUT2D eigenvalue weighted by molar-refractivity contribution is -0.187. The molecule has 0 saturated carbocycles. The van der Waals surface area contributed by atoms with Crippen molar-refractivity contribution in [2.45, 2.75) is 55.6 Å². The number of rotatable bonds is 8. The number of benzene rings is 2. The third-order valence-electron chi connectivity index (χ3n) is 7.13. The number of aromatic nitrogens is 2. The highest BCUT2D eigenvalue weighted by Crippen LogP contribution is 2.32. The molecule has 0 unspecified atom stereocenters. The number of fused-ring (bicyclic) bond motifs is 1. The molecule has 3 heterocycles. The smallest absolute Gasteiger partial charge is 0.347 e. The molecule has 39 heavy (non-hydrogen) atoms. The van der Waals surface area contributed by atoms with Crippen LogP contribution in [0.2, 0.25) is 0 Å². The lowest BCUT2D eigenvalue weighted by atomic mass is 10.0. The number of alkyl halides is 3. The molecule has 2 aliphatic rings. The third-order valence-corrected chi connectivity index (χ3v) is 8.16. The number of nitrogens with zero attached hydrogens (tertiary/aromatic N) is 3. The van der Waals surface area contributed by atoms with Gasteiger partial charge in [-0.3, -0.25) is 14.2 Å². The maximum Gasteiger partial charge on any atom is 0.416 e. The first-order chi connectivity index (χ1) is 18.8. The number of hydrogen-bond donors (Lipinski definition) is 0. The monoisotopic (exact) mass is 561 g/mol. The van der Waals surface area contributed by atoms with Gasteiger partial charge in [-0.1, -0.05) is 36.4 Å². The first-order valence-electron chi connectivity index (χ1n) is 13.1. The van der Waals surface area contributed by atoms with E-state index in [0.29, 0.717) is 67.4 Å². The van der Waals surface area contributed by atoms with Gasteiger partial charge in [0, 0.05) is 38.1 Å². The van der Waals surface area contributed by atoms with Crippen molar-refractivity contribution in [1.82, 2.24) is 14.5 Å². The molecule has 11 heteroatoms. The molecule has 0 N–H and O–H groups in total. The fourth-order valence-electron chi connectivity index (χ4n) is 5.02. The number of amides is 1. The standard InChI is InChI=1S/C28H30F3N3O4S/c29-28(30,31)20-7-6-8-21(19-20)34-25(36)22-9-3-4-10-23(22)32-26(34)39-18-5-1-2-11-24(35)33-14-12-27(13-15-33)37-16-17-38-27/h3-4,6-10,19H,1-2,5,11-18H2. The van der Waals surface area contributed by atoms with Crippen LogP contribution in [-0.2, 0) is 20.4 Å². The SMILES string of the molecule is O=C(CCCCCSc1nc2ccccc2c(=O)n1-c1cccc(C(F)(F)F)c1)N1CCC2(CC1)OCCO2. The summed E-state index contributed by atoms with van der Waals surface area (Å²) in [5.74, 6) is 0.239. The van der Waals surface area contributed by atoms with Crippen LogP contribution in [0, 0.1) is 0 Å². The quantitative estimate of drug-likeness (QED) is 0.208. The first kappa shape index (κ1) is 27.7. The number of carbonyl (C=O) groups is 1. The van der Waals surface area contributed by atoms with E-state index in [4.69, 9.17) is 9.47 Å². The van der Waals surface area contributed by atoms with Gasteiger partial charge in [0.1, 0.15) is 0 Å². The molecule has 7 nitrogen and oxygen atoms in total. The van der Waals surface area contributed by atoms with Gasteiger partial charge >= 0.3 is 6.18 Å². The molecule has 0 radical (unpaired) electrons. The Morgan fingerprint density at radius 1 is 1.00 bits per heavy atom. The summed E-state index contributed by atoms with van der Waals surface area (Å²) in [6.45, 7) is 2.48. The van der Waals surface area contributed by atoms with E-state index in [9.17, 15) is 22.8 Å². The molecule has 3 aromatic rings. The van der Waals surface area contributed by atoms with E-state index in [0.717, 1.165) is 31.4 Å². The van der Waals surface area contributed by atoms with Crippen molar-refractivity contribution in [3.8, 4) is 5.69 Å². The Morgan fingerprint density at radius 2 is 1.74 bits per heavy atom. The zero-order valence-corrected chi connectivity index (χ0v) is 22.2. The topological polar surface area (TPSA) is 73.7 Å². The Hall–Kier alpha value is -2.89. The van der Waals surface area contributed by atoms with Crippen molar-refractivity contribution in [2.75, 3.05) is 32.1 Å². The largest absolute Gasteiger partial charge is 0.416 e. The van der Waals surface area contributed by atoms with Crippen molar-refractivity contribution in [1.29, 1.82) is 0 Å². The second kappa shape index (κ2) is 11.7. The summed E-state index contributed by atoms with van der Waals surface area (Å²) in [6.07, 6.45) is -0.355. The molecule has 0 bridgehead atoms. The van der Waals surface area contributed by atoms with Crippen LogP contribution in [0.3, 0.4) is 0 Å². The molecule has 2 aliphatic heterocycles. The van der Waals surface area contributed by atoms with Crippen LogP contribution in [0.25, 0.3) is 16.6 Å². The Balaban J connectivity index is 1.19. The van der Waals surface area contributed by atoms with E-state index in [2.05, 4.69) is 4.98 Å². The van der Waals surface area contributed by atoms with Gasteiger partial charge in [-0.15, -0.1) is 0 Å². The summed E-state index contributed by atoms with van der Waals surface area (Å²) in [7, 11) is 0. The predicted octanol–water partition coefficient (Wildman–Crippen LogP) is 5.42. The number of likely N-dealkylation sites (tertiary alicyclic amines) is 1. The molecular weight excluding hydrogens is 531 g/mol. The van der Waals surface area contributed by atoms with E-state index in [-0.39, 0.29) is 11.6 Å². The minimum absolute atomic E-state index is 0.123. The number of piperidine rings is 1. The number of unbranched alkanes of at least 4 members (excludes halogenated alkanes) is 2. The molecule has 1 spiro atoms. The zero-order chi connectivity index (χ0) is 27.5. The predicted molar refractivity (Wildman–Crippen MR) is 142 cm³/mol. The lowest BCUT2D eigenvalue weighted by Crippen LogP contribution is -2.47. The minimum atomic E-state index is -4.53.